The van der Waals surface area contributed by atoms with Crippen LogP contribution in [0.15, 0.2) is 18.2 Å². The highest BCUT2D eigenvalue weighted by molar-refractivity contribution is 5.72. The Labute approximate surface area is 112 Å². The van der Waals surface area contributed by atoms with E-state index >= 15 is 0 Å². The Morgan fingerprint density at radius 3 is 2.95 bits per heavy atom. The van der Waals surface area contributed by atoms with E-state index in [2.05, 4.69) is 0 Å². The average molecular weight is 265 g/mol. The van der Waals surface area contributed by atoms with Gasteiger partial charge in [0.25, 0.3) is 0 Å². The lowest BCUT2D eigenvalue weighted by Crippen LogP contribution is -2.45. The van der Waals surface area contributed by atoms with Crippen LogP contribution in [0, 0.1) is 5.82 Å². The van der Waals surface area contributed by atoms with Gasteiger partial charge >= 0.3 is 5.97 Å². The molecule has 3 nitrogen and oxygen atoms in total. The highest BCUT2D eigenvalue weighted by Gasteiger charge is 2.45. The van der Waals surface area contributed by atoms with Crippen LogP contribution in [-0.4, -0.2) is 19.1 Å². The van der Waals surface area contributed by atoms with Crippen molar-refractivity contribution in [3.63, 3.8) is 0 Å². The molecular weight excluding hydrogens is 245 g/mol. The second-order valence-corrected chi connectivity index (χ2v) is 5.19. The second kappa shape index (κ2) is 5.29. The summed E-state index contributed by atoms with van der Waals surface area (Å²) < 4.78 is 18.7. The van der Waals surface area contributed by atoms with Crippen molar-refractivity contribution in [1.82, 2.24) is 0 Å². The Balaban J connectivity index is 2.48. The van der Waals surface area contributed by atoms with Crippen LogP contribution in [0.25, 0.3) is 0 Å². The lowest BCUT2D eigenvalue weighted by Gasteiger charge is -2.35. The van der Waals surface area contributed by atoms with E-state index in [0.717, 1.165) is 12.0 Å². The van der Waals surface area contributed by atoms with Gasteiger partial charge in [0.15, 0.2) is 0 Å². The Morgan fingerprint density at radius 1 is 1.58 bits per heavy atom. The minimum absolute atomic E-state index is 0.172. The fourth-order valence-corrected chi connectivity index (χ4v) is 3.18. The third kappa shape index (κ3) is 2.25. The predicted molar refractivity (Wildman–Crippen MR) is 71.3 cm³/mol. The third-order valence-electron chi connectivity index (χ3n) is 4.31. The number of carbonyl (C=O) groups is 1. The maximum atomic E-state index is 13.9. The van der Waals surface area contributed by atoms with Gasteiger partial charge in [0, 0.05) is 11.5 Å². The number of hydrogen-bond donors (Lipinski definition) is 1. The zero-order chi connectivity index (χ0) is 14.0. The van der Waals surface area contributed by atoms with Crippen LogP contribution >= 0.6 is 0 Å². The van der Waals surface area contributed by atoms with Crippen LogP contribution in [0.1, 0.15) is 37.3 Å². The molecule has 0 bridgehead atoms. The summed E-state index contributed by atoms with van der Waals surface area (Å²) in [5.74, 6) is -0.492. The largest absolute Gasteiger partial charge is 0.469 e. The first-order valence-electron chi connectivity index (χ1n) is 6.65. The first-order valence-corrected chi connectivity index (χ1v) is 6.65. The van der Waals surface area contributed by atoms with Crippen molar-refractivity contribution in [3.8, 4) is 0 Å². The molecule has 1 aromatic carbocycles. The number of hydrogen-bond acceptors (Lipinski definition) is 3. The van der Waals surface area contributed by atoms with Crippen molar-refractivity contribution >= 4 is 5.97 Å². The molecule has 4 heteroatoms. The number of esters is 1. The smallest absolute Gasteiger partial charge is 0.306 e. The molecule has 19 heavy (non-hydrogen) atoms. The summed E-state index contributed by atoms with van der Waals surface area (Å²) in [6.07, 6.45) is 2.29. The van der Waals surface area contributed by atoms with Crippen LogP contribution < -0.4 is 5.73 Å². The SMILES string of the molecule is CCC(N)C1(CC(=O)OC)CCc2c(F)cccc21. The van der Waals surface area contributed by atoms with Gasteiger partial charge < -0.3 is 10.5 Å². The van der Waals surface area contributed by atoms with E-state index in [1.807, 2.05) is 13.0 Å². The monoisotopic (exact) mass is 265 g/mol. The zero-order valence-electron chi connectivity index (χ0n) is 11.4. The summed E-state index contributed by atoms with van der Waals surface area (Å²) >= 11 is 0. The number of fused-ring (bicyclic) bond motifs is 1. The number of ether oxygens (including phenoxy) is 1. The van der Waals surface area contributed by atoms with Gasteiger partial charge in [-0.1, -0.05) is 19.1 Å². The average Bonchev–Trinajstić information content (AvgIpc) is 2.79. The second-order valence-electron chi connectivity index (χ2n) is 5.19. The molecular formula is C15H20FNO2. The van der Waals surface area contributed by atoms with Gasteiger partial charge in [0.05, 0.1) is 13.5 Å². The Bertz CT molecular complexity index is 489. The lowest BCUT2D eigenvalue weighted by molar-refractivity contribution is -0.142. The molecule has 0 fully saturated rings. The highest BCUT2D eigenvalue weighted by Crippen LogP contribution is 2.45. The molecule has 0 saturated carbocycles. The number of rotatable bonds is 4. The summed E-state index contributed by atoms with van der Waals surface area (Å²) in [5.41, 5.74) is 7.35. The van der Waals surface area contributed by atoms with Gasteiger partial charge in [-0.15, -0.1) is 0 Å². The molecule has 104 valence electrons. The van der Waals surface area contributed by atoms with Crippen molar-refractivity contribution in [3.05, 3.63) is 35.1 Å². The van der Waals surface area contributed by atoms with Gasteiger partial charge in [-0.3, -0.25) is 4.79 Å². The first-order chi connectivity index (χ1) is 9.05. The molecule has 2 N–H and O–H groups in total. The van der Waals surface area contributed by atoms with E-state index in [0.29, 0.717) is 18.4 Å². The fourth-order valence-electron chi connectivity index (χ4n) is 3.18. The number of methoxy groups -OCH3 is 1. The molecule has 0 heterocycles. The predicted octanol–water partition coefficient (Wildman–Crippen LogP) is 2.31. The van der Waals surface area contributed by atoms with Crippen LogP contribution in [-0.2, 0) is 21.4 Å². The highest BCUT2D eigenvalue weighted by atomic mass is 19.1. The van der Waals surface area contributed by atoms with E-state index in [1.165, 1.54) is 13.2 Å². The van der Waals surface area contributed by atoms with Crippen LogP contribution in [0.4, 0.5) is 4.39 Å². The van der Waals surface area contributed by atoms with Crippen molar-refractivity contribution in [1.29, 1.82) is 0 Å². The van der Waals surface area contributed by atoms with Gasteiger partial charge in [-0.2, -0.15) is 0 Å². The number of benzene rings is 1. The quantitative estimate of drug-likeness (QED) is 0.850. The number of halogens is 1. The third-order valence-corrected chi connectivity index (χ3v) is 4.31. The molecule has 0 amide bonds. The summed E-state index contributed by atoms with van der Waals surface area (Å²) in [6, 6.07) is 4.87. The topological polar surface area (TPSA) is 52.3 Å². The lowest BCUT2D eigenvalue weighted by atomic mass is 9.72. The maximum absolute atomic E-state index is 13.9. The van der Waals surface area contributed by atoms with Gasteiger partial charge in [0.2, 0.25) is 0 Å². The molecule has 2 rings (SSSR count). The molecule has 2 atom stereocenters. The molecule has 0 saturated heterocycles. The number of nitrogens with two attached hydrogens (primary N) is 1. The molecule has 0 aromatic heterocycles. The Hall–Kier alpha value is -1.42. The molecule has 0 aliphatic heterocycles. The molecule has 0 radical (unpaired) electrons. The zero-order valence-corrected chi connectivity index (χ0v) is 11.4. The Kier molecular flexibility index (Phi) is 3.90. The summed E-state index contributed by atoms with van der Waals surface area (Å²) in [7, 11) is 1.37. The van der Waals surface area contributed by atoms with E-state index < -0.39 is 5.41 Å². The van der Waals surface area contributed by atoms with Crippen molar-refractivity contribution in [2.75, 3.05) is 7.11 Å². The normalized spacial score (nSPS) is 22.9. The van der Waals surface area contributed by atoms with Crippen molar-refractivity contribution in [2.24, 2.45) is 5.73 Å². The molecule has 1 aromatic rings. The molecule has 2 unspecified atom stereocenters. The minimum Gasteiger partial charge on any atom is -0.469 e. The van der Waals surface area contributed by atoms with Gasteiger partial charge in [-0.25, -0.2) is 4.39 Å². The van der Waals surface area contributed by atoms with Crippen LogP contribution in [0.2, 0.25) is 0 Å². The molecule has 1 aliphatic carbocycles. The van der Waals surface area contributed by atoms with E-state index in [9.17, 15) is 9.18 Å². The van der Waals surface area contributed by atoms with E-state index in [4.69, 9.17) is 10.5 Å². The van der Waals surface area contributed by atoms with Crippen molar-refractivity contribution < 1.29 is 13.9 Å². The molecule has 1 aliphatic rings. The standard InChI is InChI=1S/C15H20FNO2/c1-3-13(17)15(9-14(18)19-2)8-7-10-11(15)5-4-6-12(10)16/h4-6,13H,3,7-9,17H2,1-2H3. The minimum atomic E-state index is -0.487. The summed E-state index contributed by atoms with van der Waals surface area (Å²) in [5, 5.41) is 0. The summed E-state index contributed by atoms with van der Waals surface area (Å²) in [6.45, 7) is 1.99. The maximum Gasteiger partial charge on any atom is 0.306 e. The Morgan fingerprint density at radius 2 is 2.32 bits per heavy atom. The van der Waals surface area contributed by atoms with Crippen LogP contribution in [0.3, 0.4) is 0 Å². The molecule has 0 spiro atoms. The van der Waals surface area contributed by atoms with Gasteiger partial charge in [0.1, 0.15) is 5.82 Å². The van der Waals surface area contributed by atoms with E-state index in [-0.39, 0.29) is 24.2 Å². The first kappa shape index (κ1) is 14.0. The number of carbonyl (C=O) groups excluding carboxylic acids is 1. The van der Waals surface area contributed by atoms with E-state index in [1.54, 1.807) is 6.07 Å². The van der Waals surface area contributed by atoms with Crippen molar-refractivity contribution in [2.45, 2.75) is 44.1 Å². The van der Waals surface area contributed by atoms with Gasteiger partial charge in [-0.05, 0) is 36.5 Å². The fraction of sp³-hybridized carbons (Fsp3) is 0.533. The summed E-state index contributed by atoms with van der Waals surface area (Å²) in [4.78, 5) is 11.7. The van der Waals surface area contributed by atoms with Crippen LogP contribution in [0.5, 0.6) is 0 Å².